The van der Waals surface area contributed by atoms with Gasteiger partial charge < -0.3 is 9.47 Å². The van der Waals surface area contributed by atoms with Gasteiger partial charge in [0.25, 0.3) is 0 Å². The number of carbonyl (C=O) groups is 4. The van der Waals surface area contributed by atoms with Crippen molar-refractivity contribution in [2.24, 2.45) is 0 Å². The molecule has 0 radical (unpaired) electrons. The molecule has 0 spiro atoms. The highest BCUT2D eigenvalue weighted by Crippen LogP contribution is 2.32. The van der Waals surface area contributed by atoms with E-state index in [0.29, 0.717) is 5.56 Å². The topological polar surface area (TPSA) is 86.7 Å². The second-order valence-corrected chi connectivity index (χ2v) is 5.31. The van der Waals surface area contributed by atoms with Crippen molar-refractivity contribution in [2.75, 3.05) is 0 Å². The lowest BCUT2D eigenvalue weighted by Gasteiger charge is -2.05. The predicted molar refractivity (Wildman–Crippen MR) is 80.5 cm³/mol. The molecular formula is C18H8O6. The Kier molecular flexibility index (Phi) is 2.77. The Balaban J connectivity index is 1.84. The predicted octanol–water partition coefficient (Wildman–Crippen LogP) is 2.37. The summed E-state index contributed by atoms with van der Waals surface area (Å²) in [6, 6.07) is 8.81. The fourth-order valence-corrected chi connectivity index (χ4v) is 2.79. The van der Waals surface area contributed by atoms with Gasteiger partial charge in [0.2, 0.25) is 0 Å². The number of hydrogen-bond donors (Lipinski definition) is 0. The maximum absolute atomic E-state index is 12.8. The van der Waals surface area contributed by atoms with Gasteiger partial charge in [-0.2, -0.15) is 0 Å². The van der Waals surface area contributed by atoms with Crippen molar-refractivity contribution in [1.82, 2.24) is 0 Å². The van der Waals surface area contributed by atoms with Crippen molar-refractivity contribution >= 4 is 29.5 Å². The zero-order valence-corrected chi connectivity index (χ0v) is 12.1. The third-order valence-electron chi connectivity index (χ3n) is 3.94. The van der Waals surface area contributed by atoms with Gasteiger partial charge in [0.05, 0.1) is 16.7 Å². The smallest absolute Gasteiger partial charge is 0.346 e. The normalized spacial score (nSPS) is 15.0. The van der Waals surface area contributed by atoms with Crippen molar-refractivity contribution in [1.29, 1.82) is 0 Å². The number of ketones is 1. The first kappa shape index (κ1) is 14.1. The molecule has 0 aliphatic carbocycles. The fourth-order valence-electron chi connectivity index (χ4n) is 2.79. The Bertz CT molecular complexity index is 999. The summed E-state index contributed by atoms with van der Waals surface area (Å²) in [4.78, 5) is 47.8. The van der Waals surface area contributed by atoms with E-state index >= 15 is 0 Å². The van der Waals surface area contributed by atoms with Gasteiger partial charge in [-0.3, -0.25) is 4.79 Å². The van der Waals surface area contributed by atoms with E-state index in [2.05, 4.69) is 11.3 Å². The highest BCUT2D eigenvalue weighted by Gasteiger charge is 2.33. The van der Waals surface area contributed by atoms with Gasteiger partial charge in [-0.1, -0.05) is 30.8 Å². The van der Waals surface area contributed by atoms with Gasteiger partial charge in [-0.25, -0.2) is 14.4 Å². The Labute approximate surface area is 135 Å². The number of cyclic esters (lactones) is 3. The molecule has 0 unspecified atom stereocenters. The number of esters is 3. The van der Waals surface area contributed by atoms with Gasteiger partial charge in [-0.05, 0) is 12.1 Å². The largest absolute Gasteiger partial charge is 0.423 e. The molecule has 0 N–H and O–H groups in total. The lowest BCUT2D eigenvalue weighted by atomic mass is 9.94. The molecule has 0 fully saturated rings. The fraction of sp³-hybridized carbons (Fsp3) is 0. The minimum absolute atomic E-state index is 0.0328. The van der Waals surface area contributed by atoms with Crippen LogP contribution in [-0.4, -0.2) is 23.7 Å². The van der Waals surface area contributed by atoms with E-state index in [9.17, 15) is 19.2 Å². The molecule has 0 saturated heterocycles. The molecule has 0 saturated carbocycles. The molecule has 2 aromatic carbocycles. The molecule has 2 aromatic rings. The molecule has 4 rings (SSSR count). The van der Waals surface area contributed by atoms with E-state index in [4.69, 9.17) is 4.74 Å². The first-order chi connectivity index (χ1) is 11.5. The van der Waals surface area contributed by atoms with Crippen LogP contribution in [0.3, 0.4) is 0 Å². The molecule has 116 valence electrons. The first-order valence-corrected chi connectivity index (χ1v) is 6.97. The van der Waals surface area contributed by atoms with Crippen LogP contribution in [0.4, 0.5) is 0 Å². The highest BCUT2D eigenvalue weighted by molar-refractivity contribution is 6.20. The summed E-state index contributed by atoms with van der Waals surface area (Å²) < 4.78 is 9.46. The van der Waals surface area contributed by atoms with E-state index in [1.807, 2.05) is 0 Å². The van der Waals surface area contributed by atoms with Crippen LogP contribution < -0.4 is 0 Å². The average Bonchev–Trinajstić information content (AvgIpc) is 3.03. The lowest BCUT2D eigenvalue weighted by molar-refractivity contribution is 0.0443. The van der Waals surface area contributed by atoms with Crippen LogP contribution in [0.15, 0.2) is 43.0 Å². The maximum Gasteiger partial charge on any atom is 0.346 e. The van der Waals surface area contributed by atoms with Crippen LogP contribution in [-0.2, 0) is 9.47 Å². The van der Waals surface area contributed by atoms with E-state index in [1.54, 1.807) is 12.1 Å². The molecule has 0 aromatic heterocycles. The number of carbonyl (C=O) groups excluding carboxylic acids is 4. The maximum atomic E-state index is 12.8. The first-order valence-electron chi connectivity index (χ1n) is 6.97. The third-order valence-corrected chi connectivity index (χ3v) is 3.94. The van der Waals surface area contributed by atoms with E-state index in [-0.39, 0.29) is 33.6 Å². The van der Waals surface area contributed by atoms with Crippen LogP contribution in [0.5, 0.6) is 0 Å². The van der Waals surface area contributed by atoms with Crippen molar-refractivity contribution in [3.05, 3.63) is 76.4 Å². The molecule has 0 bridgehead atoms. The third kappa shape index (κ3) is 1.83. The second-order valence-electron chi connectivity index (χ2n) is 5.31. The zero-order valence-electron chi connectivity index (χ0n) is 12.1. The van der Waals surface area contributed by atoms with Crippen molar-refractivity contribution < 1.29 is 28.7 Å². The summed E-state index contributed by atoms with van der Waals surface area (Å²) in [6.07, 6.45) is 0. The zero-order chi connectivity index (χ0) is 17.0. The van der Waals surface area contributed by atoms with Crippen LogP contribution >= 0.6 is 0 Å². The van der Waals surface area contributed by atoms with Crippen LogP contribution in [0, 0.1) is 0 Å². The molecule has 2 heterocycles. The van der Waals surface area contributed by atoms with Crippen molar-refractivity contribution in [2.45, 2.75) is 0 Å². The number of ether oxygens (including phenoxy) is 2. The Morgan fingerprint density at radius 1 is 0.833 bits per heavy atom. The summed E-state index contributed by atoms with van der Waals surface area (Å²) in [6.45, 7) is 3.63. The Morgan fingerprint density at radius 3 is 2.38 bits per heavy atom. The van der Waals surface area contributed by atoms with Gasteiger partial charge in [-0.15, -0.1) is 0 Å². The average molecular weight is 320 g/mol. The number of benzene rings is 2. The number of fused-ring (bicyclic) bond motifs is 2. The van der Waals surface area contributed by atoms with Gasteiger partial charge in [0, 0.05) is 16.7 Å². The molecule has 24 heavy (non-hydrogen) atoms. The number of rotatable bonds is 2. The van der Waals surface area contributed by atoms with E-state index < -0.39 is 23.7 Å². The van der Waals surface area contributed by atoms with Gasteiger partial charge >= 0.3 is 17.9 Å². The van der Waals surface area contributed by atoms with E-state index in [1.165, 1.54) is 24.3 Å². The second kappa shape index (κ2) is 4.73. The molecule has 2 aliphatic heterocycles. The Hall–Kier alpha value is -3.54. The van der Waals surface area contributed by atoms with E-state index in [0.717, 1.165) is 0 Å². The SMILES string of the molecule is C=C1OC(=O)c2c1cccc2C(=O)c1ccc2c(c1)C(=O)OC2=O. The minimum atomic E-state index is -0.796. The highest BCUT2D eigenvalue weighted by atomic mass is 16.6. The molecule has 2 aliphatic rings. The summed E-state index contributed by atoms with van der Waals surface area (Å²) in [7, 11) is 0. The summed E-state index contributed by atoms with van der Waals surface area (Å²) >= 11 is 0. The van der Waals surface area contributed by atoms with Gasteiger partial charge in [0.1, 0.15) is 5.76 Å². The lowest BCUT2D eigenvalue weighted by Crippen LogP contribution is -2.09. The standard InChI is InChI=1S/C18H8O6/c1-8-10-3-2-4-12(14(10)18(22)23-8)15(19)9-5-6-11-13(7-9)17(21)24-16(11)20/h2-7H,1H2. The quantitative estimate of drug-likeness (QED) is 0.479. The van der Waals surface area contributed by atoms with Crippen molar-refractivity contribution in [3.63, 3.8) is 0 Å². The Morgan fingerprint density at radius 2 is 1.58 bits per heavy atom. The number of hydrogen-bond acceptors (Lipinski definition) is 6. The minimum Gasteiger partial charge on any atom is -0.423 e. The molecule has 0 amide bonds. The molecular weight excluding hydrogens is 312 g/mol. The van der Waals surface area contributed by atoms with Crippen molar-refractivity contribution in [3.8, 4) is 0 Å². The molecule has 6 heteroatoms. The van der Waals surface area contributed by atoms with Gasteiger partial charge in [0.15, 0.2) is 5.78 Å². The monoisotopic (exact) mass is 320 g/mol. The summed E-state index contributed by atoms with van der Waals surface area (Å²) in [5.74, 6) is -2.46. The van der Waals surface area contributed by atoms with Crippen LogP contribution in [0.1, 0.15) is 52.6 Å². The summed E-state index contributed by atoms with van der Waals surface area (Å²) in [5.41, 5.74) is 1.06. The van der Waals surface area contributed by atoms with Crippen LogP contribution in [0.25, 0.3) is 5.76 Å². The summed E-state index contributed by atoms with van der Waals surface area (Å²) in [5, 5.41) is 0. The van der Waals surface area contributed by atoms with Crippen LogP contribution in [0.2, 0.25) is 0 Å². The molecule has 6 nitrogen and oxygen atoms in total. The molecule has 0 atom stereocenters.